The Morgan fingerprint density at radius 1 is 1.14 bits per heavy atom. The largest absolute Gasteiger partial charge is 0.497 e. The number of carbonyl (C=O) groups is 2. The molecule has 5 rings (SSSR count). The lowest BCUT2D eigenvalue weighted by Gasteiger charge is -2.40. The summed E-state index contributed by atoms with van der Waals surface area (Å²) in [5.41, 5.74) is 0.820. The van der Waals surface area contributed by atoms with Crippen LogP contribution in [0.25, 0.3) is 0 Å². The topological polar surface area (TPSA) is 140 Å². The molecule has 14 heteroatoms. The SMILES string of the molecule is COc1ccc2c(c1)NC(=O)C(CCN1CCC(N(Cc3cc4c(cn3)OCCO4)C(=O)OC(C)(C)C)CC1)N2S(C)(=O)=O. The third-order valence-electron chi connectivity index (χ3n) is 7.81. The van der Waals surface area contributed by atoms with Crippen LogP contribution in [-0.4, -0.2) is 99.1 Å². The molecule has 1 saturated heterocycles. The molecule has 2 aromatic rings. The van der Waals surface area contributed by atoms with E-state index >= 15 is 0 Å². The number of nitrogens with zero attached hydrogens (tertiary/aromatic N) is 4. The van der Waals surface area contributed by atoms with E-state index in [-0.39, 0.29) is 18.5 Å². The molecular weight excluding hydrogens is 590 g/mol. The van der Waals surface area contributed by atoms with Gasteiger partial charge in [-0.25, -0.2) is 13.2 Å². The smallest absolute Gasteiger partial charge is 0.410 e. The van der Waals surface area contributed by atoms with Crippen LogP contribution in [0, 0.1) is 0 Å². The number of sulfonamides is 1. The van der Waals surface area contributed by atoms with Gasteiger partial charge in [-0.2, -0.15) is 0 Å². The number of hydrogen-bond acceptors (Lipinski definition) is 10. The molecule has 0 spiro atoms. The van der Waals surface area contributed by atoms with E-state index in [0.29, 0.717) is 86.4 Å². The molecule has 1 unspecified atom stereocenters. The highest BCUT2D eigenvalue weighted by atomic mass is 32.2. The van der Waals surface area contributed by atoms with Gasteiger partial charge in [-0.15, -0.1) is 0 Å². The number of nitrogens with one attached hydrogen (secondary N) is 1. The summed E-state index contributed by atoms with van der Waals surface area (Å²) in [4.78, 5) is 34.9. The number of fused-ring (bicyclic) bond motifs is 2. The third-order valence-corrected chi connectivity index (χ3v) is 8.97. The zero-order valence-corrected chi connectivity index (χ0v) is 26.7. The Kier molecular flexibility index (Phi) is 9.12. The molecule has 0 saturated carbocycles. The first-order valence-corrected chi connectivity index (χ1v) is 16.6. The van der Waals surface area contributed by atoms with Gasteiger partial charge in [0.2, 0.25) is 15.9 Å². The van der Waals surface area contributed by atoms with E-state index < -0.39 is 27.8 Å². The van der Waals surface area contributed by atoms with Gasteiger partial charge >= 0.3 is 6.09 Å². The van der Waals surface area contributed by atoms with Gasteiger partial charge < -0.3 is 29.2 Å². The van der Waals surface area contributed by atoms with E-state index in [9.17, 15) is 18.0 Å². The van der Waals surface area contributed by atoms with Gasteiger partial charge in [0.05, 0.1) is 43.2 Å². The Balaban J connectivity index is 1.25. The van der Waals surface area contributed by atoms with Gasteiger partial charge in [-0.1, -0.05) is 0 Å². The fourth-order valence-corrected chi connectivity index (χ4v) is 6.94. The molecule has 240 valence electrons. The number of benzene rings is 1. The number of likely N-dealkylation sites (tertiary alicyclic amines) is 1. The number of ether oxygens (including phenoxy) is 4. The number of anilines is 2. The summed E-state index contributed by atoms with van der Waals surface area (Å²) in [7, 11) is -2.23. The third kappa shape index (κ3) is 7.29. The summed E-state index contributed by atoms with van der Waals surface area (Å²) in [6.07, 6.45) is 3.99. The molecule has 1 fully saturated rings. The Morgan fingerprint density at radius 3 is 2.50 bits per heavy atom. The maximum absolute atomic E-state index is 13.4. The number of pyridine rings is 1. The van der Waals surface area contributed by atoms with E-state index in [2.05, 4.69) is 15.2 Å². The number of methoxy groups -OCH3 is 1. The second-order valence-electron chi connectivity index (χ2n) is 12.2. The van der Waals surface area contributed by atoms with Crippen molar-refractivity contribution in [3.63, 3.8) is 0 Å². The maximum Gasteiger partial charge on any atom is 0.410 e. The Bertz CT molecular complexity index is 1490. The Hall–Kier alpha value is -3.78. The lowest BCUT2D eigenvalue weighted by molar-refractivity contribution is -0.117. The first kappa shape index (κ1) is 31.6. The van der Waals surface area contributed by atoms with Crippen LogP contribution in [0.15, 0.2) is 30.5 Å². The van der Waals surface area contributed by atoms with Crippen LogP contribution in [-0.2, 0) is 26.1 Å². The van der Waals surface area contributed by atoms with Crippen molar-refractivity contribution in [1.82, 2.24) is 14.8 Å². The first-order chi connectivity index (χ1) is 20.8. The summed E-state index contributed by atoms with van der Waals surface area (Å²) < 4.78 is 49.2. The highest BCUT2D eigenvalue weighted by Gasteiger charge is 2.39. The minimum atomic E-state index is -3.74. The van der Waals surface area contributed by atoms with Crippen LogP contribution in [0.3, 0.4) is 0 Å². The summed E-state index contributed by atoms with van der Waals surface area (Å²) in [5, 5.41) is 2.85. The van der Waals surface area contributed by atoms with E-state index in [1.165, 1.54) is 11.4 Å². The minimum Gasteiger partial charge on any atom is -0.497 e. The van der Waals surface area contributed by atoms with E-state index in [0.717, 1.165) is 6.26 Å². The average Bonchev–Trinajstić information content (AvgIpc) is 2.97. The fraction of sp³-hybridized carbons (Fsp3) is 0.567. The van der Waals surface area contributed by atoms with Gasteiger partial charge in [0.1, 0.15) is 30.6 Å². The Labute approximate surface area is 258 Å². The second-order valence-corrected chi connectivity index (χ2v) is 14.1. The predicted octanol–water partition coefficient (Wildman–Crippen LogP) is 3.24. The first-order valence-electron chi connectivity index (χ1n) is 14.8. The summed E-state index contributed by atoms with van der Waals surface area (Å²) in [6.45, 7) is 8.54. The average molecular weight is 632 g/mol. The van der Waals surface area contributed by atoms with Crippen LogP contribution in [0.5, 0.6) is 17.2 Å². The van der Waals surface area contributed by atoms with Crippen molar-refractivity contribution in [2.75, 3.05) is 55.8 Å². The number of piperidine rings is 1. The molecule has 0 aliphatic carbocycles. The quantitative estimate of drug-likeness (QED) is 0.462. The number of aromatic nitrogens is 1. The van der Waals surface area contributed by atoms with E-state index in [1.807, 2.05) is 20.8 Å². The van der Waals surface area contributed by atoms with Crippen molar-refractivity contribution in [3.8, 4) is 17.2 Å². The van der Waals surface area contributed by atoms with Crippen molar-refractivity contribution in [2.24, 2.45) is 0 Å². The zero-order chi connectivity index (χ0) is 31.6. The van der Waals surface area contributed by atoms with Crippen LogP contribution >= 0.6 is 0 Å². The lowest BCUT2D eigenvalue weighted by atomic mass is 10.0. The molecule has 2 amide bonds. The second kappa shape index (κ2) is 12.7. The number of carbonyl (C=O) groups excluding carboxylic acids is 2. The van der Waals surface area contributed by atoms with Crippen molar-refractivity contribution in [2.45, 2.75) is 64.3 Å². The molecule has 0 radical (unpaired) electrons. The molecule has 1 N–H and O–H groups in total. The van der Waals surface area contributed by atoms with Crippen molar-refractivity contribution in [3.05, 3.63) is 36.2 Å². The van der Waals surface area contributed by atoms with Crippen LogP contribution < -0.4 is 23.8 Å². The van der Waals surface area contributed by atoms with E-state index in [4.69, 9.17) is 18.9 Å². The summed E-state index contributed by atoms with van der Waals surface area (Å²) in [6, 6.07) is 5.76. The zero-order valence-electron chi connectivity index (χ0n) is 25.9. The van der Waals surface area contributed by atoms with Crippen LogP contribution in [0.4, 0.5) is 16.2 Å². The number of hydrogen-bond donors (Lipinski definition) is 1. The van der Waals surface area contributed by atoms with Crippen molar-refractivity contribution in [1.29, 1.82) is 0 Å². The molecule has 3 aliphatic heterocycles. The standard InChI is InChI=1S/C30H41N5O8S/c1-30(2,3)43-29(37)34(19-20-16-26-27(18-31-20)42-15-14-41-26)21-8-11-33(12-9-21)13-10-25-28(36)32-23-17-22(40-4)6-7-24(23)35(25)44(5,38)39/h6-7,16-18,21,25H,8-15,19H2,1-5H3,(H,32,36). The van der Waals surface area contributed by atoms with Gasteiger partial charge in [-0.05, 0) is 52.2 Å². The highest BCUT2D eigenvalue weighted by molar-refractivity contribution is 7.92. The van der Waals surface area contributed by atoms with Gasteiger partial charge in [0.25, 0.3) is 0 Å². The maximum atomic E-state index is 13.4. The van der Waals surface area contributed by atoms with Crippen molar-refractivity contribution >= 4 is 33.4 Å². The molecule has 1 atom stereocenters. The van der Waals surface area contributed by atoms with Crippen LogP contribution in [0.1, 0.15) is 45.7 Å². The normalized spacial score (nSPS) is 19.2. The van der Waals surface area contributed by atoms with E-state index in [1.54, 1.807) is 35.4 Å². The molecule has 0 bridgehead atoms. The molecule has 13 nitrogen and oxygen atoms in total. The van der Waals surface area contributed by atoms with Crippen molar-refractivity contribution < 1.29 is 37.0 Å². The predicted molar refractivity (Wildman–Crippen MR) is 164 cm³/mol. The van der Waals surface area contributed by atoms with Gasteiger partial charge in [0, 0.05) is 37.8 Å². The molecule has 1 aromatic heterocycles. The molecule has 44 heavy (non-hydrogen) atoms. The van der Waals surface area contributed by atoms with Gasteiger partial charge in [0.15, 0.2) is 11.5 Å². The molecule has 1 aromatic carbocycles. The van der Waals surface area contributed by atoms with Gasteiger partial charge in [-0.3, -0.25) is 19.0 Å². The highest BCUT2D eigenvalue weighted by Crippen LogP contribution is 2.37. The number of amides is 2. The fourth-order valence-electron chi connectivity index (χ4n) is 5.76. The molecular formula is C30H41N5O8S. The molecule has 4 heterocycles. The molecule has 3 aliphatic rings. The number of rotatable bonds is 8. The minimum absolute atomic E-state index is 0.0940. The Morgan fingerprint density at radius 2 is 1.84 bits per heavy atom. The summed E-state index contributed by atoms with van der Waals surface area (Å²) in [5.74, 6) is 1.33. The lowest BCUT2D eigenvalue weighted by Crippen LogP contribution is -2.53. The van der Waals surface area contributed by atoms with Crippen LogP contribution in [0.2, 0.25) is 0 Å². The summed E-state index contributed by atoms with van der Waals surface area (Å²) >= 11 is 0. The monoisotopic (exact) mass is 631 g/mol.